The summed E-state index contributed by atoms with van der Waals surface area (Å²) in [5.74, 6) is 0. The van der Waals surface area contributed by atoms with Crippen LogP contribution in [-0.4, -0.2) is 32.0 Å². The summed E-state index contributed by atoms with van der Waals surface area (Å²) < 4.78 is 27.8. The van der Waals surface area contributed by atoms with Crippen LogP contribution in [0.4, 0.5) is 0 Å². The molecule has 10 rings (SSSR count). The minimum absolute atomic E-state index is 0.0805. The first-order chi connectivity index (χ1) is 50.9. The van der Waals surface area contributed by atoms with Crippen molar-refractivity contribution in [3.8, 4) is 32.7 Å². The molecule has 0 radical (unpaired) electrons. The average molecular weight is 1540 g/mol. The van der Waals surface area contributed by atoms with Crippen LogP contribution in [0.1, 0.15) is 446 Å². The second-order valence-corrected chi connectivity index (χ2v) is 39.0. The Hall–Kier alpha value is -2.78. The van der Waals surface area contributed by atoms with Crippen LogP contribution in [0, 0.1) is 13.8 Å². The van der Waals surface area contributed by atoms with E-state index in [1.165, 1.54) is 472 Å². The van der Waals surface area contributed by atoms with E-state index in [2.05, 4.69) is 89.3 Å². The van der Waals surface area contributed by atoms with E-state index in [9.17, 15) is 0 Å². The van der Waals surface area contributed by atoms with Gasteiger partial charge in [0.05, 0.1) is 11.7 Å². The van der Waals surface area contributed by atoms with Crippen molar-refractivity contribution >= 4 is 101 Å². The molecule has 0 aliphatic heterocycles. The monoisotopic (exact) mass is 1540 g/mol. The molecule has 2 aliphatic carbocycles. The van der Waals surface area contributed by atoms with E-state index in [1.807, 2.05) is 11.3 Å². The van der Waals surface area contributed by atoms with Gasteiger partial charge >= 0.3 is 277 Å². The molecule has 570 valence electrons. The van der Waals surface area contributed by atoms with E-state index in [-0.39, 0.29) is 10.8 Å². The van der Waals surface area contributed by atoms with Gasteiger partial charge in [0.2, 0.25) is 0 Å². The summed E-state index contributed by atoms with van der Waals surface area (Å²) in [5.41, 5.74) is 19.4. The fraction of sp³-hybridized carbons (Fsp3) is 0.723. The van der Waals surface area contributed by atoms with Crippen molar-refractivity contribution in [1.29, 1.82) is 0 Å². The van der Waals surface area contributed by atoms with Crippen LogP contribution in [0.25, 0.3) is 72.7 Å². The summed E-state index contributed by atoms with van der Waals surface area (Å²) in [6.07, 6.45) is 82.8. The standard InChI is InChI=1S/C94H144N4S4Se/c1-7-11-15-19-23-27-31-35-39-43-47-51-55-59-63-93(64-60-56-52-48-44-40-36-32-28-24-20-16-12-8-2)78-70-76-79(69-75(78)85-80(93)67-73(5)87-89(85)97-101-95-87)94(65-61-57-53-49-45-41-37-33-29-25-21-17-13-9-3,66-62-58-54-50-46-42-38-34-30-26-22-18-14-10-4)81-71-77(88-90(86(76)81)98-102-96-88)82-72-84-92(100-82)91-83(103-84)68-74(6)99-91/h67-72H,7-66H2,1-6H3. The molecular weight excluding hydrogens is 1390 g/mol. The molecule has 0 saturated carbocycles. The molecule has 4 nitrogen and oxygen atoms in total. The zero-order chi connectivity index (χ0) is 71.6. The molecule has 0 N–H and O–H groups in total. The van der Waals surface area contributed by atoms with Gasteiger partial charge in [-0.05, 0) is 12.5 Å². The van der Waals surface area contributed by atoms with Gasteiger partial charge < -0.3 is 0 Å². The number of nitrogens with zero attached hydrogens (tertiary/aromatic N) is 4. The number of rotatable bonds is 61. The number of aromatic nitrogens is 4. The van der Waals surface area contributed by atoms with Crippen molar-refractivity contribution in [2.75, 3.05) is 0 Å². The summed E-state index contributed by atoms with van der Waals surface area (Å²) in [6, 6.07) is 16.3. The molecule has 9 heteroatoms. The first-order valence-electron chi connectivity index (χ1n) is 44.6. The number of hydrogen-bond donors (Lipinski definition) is 0. The quantitative estimate of drug-likeness (QED) is 0.0282. The Balaban J connectivity index is 0.975. The van der Waals surface area contributed by atoms with E-state index in [4.69, 9.17) is 17.5 Å². The van der Waals surface area contributed by atoms with E-state index < -0.39 is 0 Å². The molecule has 103 heavy (non-hydrogen) atoms. The Morgan fingerprint density at radius 1 is 0.272 bits per heavy atom. The number of thiophene rings is 2. The molecule has 3 aromatic carbocycles. The summed E-state index contributed by atoms with van der Waals surface area (Å²) in [4.78, 5) is 2.86. The fourth-order valence-electron chi connectivity index (χ4n) is 19.0. The third-order valence-corrected chi connectivity index (χ3v) is 31.4. The Bertz CT molecular complexity index is 3600. The molecule has 2 aliphatic rings. The zero-order valence-corrected chi connectivity index (χ0v) is 71.7. The molecular formula is C94H144N4S4Se. The number of unbranched alkanes of at least 4 members (excludes halogenated alkanes) is 52. The van der Waals surface area contributed by atoms with E-state index in [1.54, 1.807) is 30.8 Å². The first kappa shape index (κ1) is 82.7. The molecule has 5 aromatic heterocycles. The van der Waals surface area contributed by atoms with Crippen LogP contribution < -0.4 is 0 Å². The number of aryl methyl sites for hydroxylation is 2. The number of hydrogen-bond acceptors (Lipinski definition) is 8. The molecule has 0 fully saturated rings. The van der Waals surface area contributed by atoms with E-state index in [0.717, 1.165) is 11.0 Å². The number of fused-ring (bicyclic) bond motifs is 13. The molecule has 0 amide bonds. The summed E-state index contributed by atoms with van der Waals surface area (Å²) in [6.45, 7) is 14.0. The Morgan fingerprint density at radius 2 is 0.544 bits per heavy atom. The van der Waals surface area contributed by atoms with Crippen LogP contribution in [0.2, 0.25) is 0 Å². The molecule has 0 spiro atoms. The van der Waals surface area contributed by atoms with Crippen LogP contribution >= 0.6 is 46.1 Å². The average Bonchev–Trinajstić information content (AvgIpc) is 1.52. The SMILES string of the molecule is CCCCCCCCCCCCCCCCC1(CCCCCCCCCCCCCCCC)c2cc3c(cc2-c2c1cc(C)c1nsnc21)C(CCCCCCCCCCCCCCCC)(CCCCCCCCCCCCCCCC)c1cc(-c2cc4[se]c5cc(C)sc5c4s2)c2nsnc2c1-3. The third-order valence-electron chi connectivity index (χ3n) is 25.1. The predicted molar refractivity (Wildman–Crippen MR) is 463 cm³/mol. The van der Waals surface area contributed by atoms with Gasteiger partial charge in [0.1, 0.15) is 5.52 Å². The van der Waals surface area contributed by atoms with Gasteiger partial charge in [-0.25, -0.2) is 0 Å². The van der Waals surface area contributed by atoms with Gasteiger partial charge in [0, 0.05) is 0 Å². The van der Waals surface area contributed by atoms with Crippen molar-refractivity contribution in [3.05, 3.63) is 69.1 Å². The molecule has 0 bridgehead atoms. The third kappa shape index (κ3) is 23.2. The summed E-state index contributed by atoms with van der Waals surface area (Å²) >= 11 is 7.35. The van der Waals surface area contributed by atoms with Gasteiger partial charge in [0.25, 0.3) is 0 Å². The molecule has 8 aromatic rings. The molecule has 0 atom stereocenters. The van der Waals surface area contributed by atoms with E-state index in [0.29, 0.717) is 14.5 Å². The first-order valence-corrected chi connectivity index (χ1v) is 49.4. The van der Waals surface area contributed by atoms with Crippen molar-refractivity contribution in [1.82, 2.24) is 17.5 Å². The maximum absolute atomic E-state index is 5.57. The minimum atomic E-state index is -0.124. The topological polar surface area (TPSA) is 51.6 Å². The van der Waals surface area contributed by atoms with Crippen molar-refractivity contribution < 1.29 is 0 Å². The molecule has 0 unspecified atom stereocenters. The second kappa shape index (κ2) is 46.0. The van der Waals surface area contributed by atoms with Gasteiger partial charge in [-0.15, -0.1) is 0 Å². The Morgan fingerprint density at radius 3 is 0.893 bits per heavy atom. The van der Waals surface area contributed by atoms with Crippen molar-refractivity contribution in [2.45, 2.75) is 438 Å². The van der Waals surface area contributed by atoms with Crippen LogP contribution in [-0.2, 0) is 10.8 Å². The van der Waals surface area contributed by atoms with Gasteiger partial charge in [-0.2, -0.15) is 8.75 Å². The Kier molecular flexibility index (Phi) is 37.0. The van der Waals surface area contributed by atoms with Crippen molar-refractivity contribution in [3.63, 3.8) is 0 Å². The van der Waals surface area contributed by atoms with Gasteiger partial charge in [-0.3, -0.25) is 0 Å². The number of benzene rings is 3. The van der Waals surface area contributed by atoms with Crippen LogP contribution in [0.5, 0.6) is 0 Å². The predicted octanol–water partition coefficient (Wildman–Crippen LogP) is 33.5. The normalized spacial score (nSPS) is 13.7. The van der Waals surface area contributed by atoms with Gasteiger partial charge in [0.15, 0.2) is 0 Å². The maximum atomic E-state index is 5.57. The van der Waals surface area contributed by atoms with Crippen LogP contribution in [0.3, 0.4) is 0 Å². The Labute approximate surface area is 652 Å². The zero-order valence-electron chi connectivity index (χ0n) is 66.7. The molecule has 0 saturated heterocycles. The summed E-state index contributed by atoms with van der Waals surface area (Å²) in [7, 11) is 0. The fourth-order valence-corrected chi connectivity index (χ4v) is 26.1. The second-order valence-electron chi connectivity index (χ2n) is 33.3. The van der Waals surface area contributed by atoms with Gasteiger partial charge in [-0.1, -0.05) is 342 Å². The van der Waals surface area contributed by atoms with E-state index >= 15 is 0 Å². The summed E-state index contributed by atoms with van der Waals surface area (Å²) in [5, 5.41) is 0. The van der Waals surface area contributed by atoms with Crippen molar-refractivity contribution in [2.24, 2.45) is 0 Å². The molecule has 5 heterocycles. The van der Waals surface area contributed by atoms with Crippen LogP contribution in [0.15, 0.2) is 36.4 Å².